The highest BCUT2D eigenvalue weighted by molar-refractivity contribution is 7.12. The lowest BCUT2D eigenvalue weighted by atomic mass is 9.87. The molecule has 2 aliphatic carbocycles. The van der Waals surface area contributed by atoms with E-state index in [-0.39, 0.29) is 5.91 Å². The van der Waals surface area contributed by atoms with Crippen molar-refractivity contribution in [3.63, 3.8) is 0 Å². The van der Waals surface area contributed by atoms with Gasteiger partial charge in [-0.1, -0.05) is 5.16 Å². The van der Waals surface area contributed by atoms with E-state index in [0.29, 0.717) is 35.6 Å². The highest BCUT2D eigenvalue weighted by Gasteiger charge is 2.42. The molecule has 2 aliphatic rings. The first-order valence-electron chi connectivity index (χ1n) is 8.36. The van der Waals surface area contributed by atoms with E-state index in [0.717, 1.165) is 29.7 Å². The molecule has 0 bridgehead atoms. The third-order valence-electron chi connectivity index (χ3n) is 4.83. The standard InChI is InChI=1S/C17H22N4O2S/c1-8-3-16(21-23-8)20-17(22)12-7-15(24-9(12)2)13-6-14(13)19-11-4-10(18)5-11/h3,7,10-11,13-14,19H,4-6,18H2,1-2H3,(H,20,21,22). The minimum atomic E-state index is -0.126. The molecule has 2 atom stereocenters. The van der Waals surface area contributed by atoms with E-state index >= 15 is 0 Å². The van der Waals surface area contributed by atoms with Gasteiger partial charge in [0.15, 0.2) is 5.82 Å². The smallest absolute Gasteiger partial charge is 0.258 e. The number of anilines is 1. The number of hydrogen-bond donors (Lipinski definition) is 3. The van der Waals surface area contributed by atoms with E-state index in [4.69, 9.17) is 10.3 Å². The molecule has 0 spiro atoms. The van der Waals surface area contributed by atoms with E-state index < -0.39 is 0 Å². The van der Waals surface area contributed by atoms with Crippen molar-refractivity contribution >= 4 is 23.1 Å². The van der Waals surface area contributed by atoms with Crippen molar-refractivity contribution in [1.82, 2.24) is 10.5 Å². The van der Waals surface area contributed by atoms with Crippen LogP contribution in [-0.4, -0.2) is 29.2 Å². The van der Waals surface area contributed by atoms with Crippen LogP contribution in [0.1, 0.15) is 51.1 Å². The van der Waals surface area contributed by atoms with Gasteiger partial charge in [-0.2, -0.15) is 0 Å². The lowest BCUT2D eigenvalue weighted by molar-refractivity contribution is 0.102. The van der Waals surface area contributed by atoms with Crippen LogP contribution in [0, 0.1) is 13.8 Å². The molecule has 2 fully saturated rings. The Morgan fingerprint density at radius 2 is 2.12 bits per heavy atom. The molecule has 0 aliphatic heterocycles. The second kappa shape index (κ2) is 5.98. The van der Waals surface area contributed by atoms with Gasteiger partial charge in [-0.3, -0.25) is 4.79 Å². The number of aryl methyl sites for hydroxylation is 2. The van der Waals surface area contributed by atoms with Crippen molar-refractivity contribution in [3.05, 3.63) is 33.2 Å². The fraction of sp³-hybridized carbons (Fsp3) is 0.529. The second-order valence-electron chi connectivity index (χ2n) is 6.94. The summed E-state index contributed by atoms with van der Waals surface area (Å²) in [5.74, 6) is 1.53. The summed E-state index contributed by atoms with van der Waals surface area (Å²) < 4.78 is 4.98. The van der Waals surface area contributed by atoms with Crippen LogP contribution in [0.15, 0.2) is 16.7 Å². The van der Waals surface area contributed by atoms with Gasteiger partial charge in [-0.25, -0.2) is 0 Å². The van der Waals surface area contributed by atoms with Crippen LogP contribution >= 0.6 is 11.3 Å². The number of carbonyl (C=O) groups excluding carboxylic acids is 1. The lowest BCUT2D eigenvalue weighted by Gasteiger charge is -2.33. The summed E-state index contributed by atoms with van der Waals surface area (Å²) in [5.41, 5.74) is 6.57. The Bertz CT molecular complexity index is 762. The van der Waals surface area contributed by atoms with Gasteiger partial charge in [0.1, 0.15) is 5.76 Å². The van der Waals surface area contributed by atoms with Gasteiger partial charge in [0, 0.05) is 39.9 Å². The molecule has 0 aromatic carbocycles. The van der Waals surface area contributed by atoms with Crippen LogP contribution in [0.2, 0.25) is 0 Å². The highest BCUT2D eigenvalue weighted by atomic mass is 32.1. The van der Waals surface area contributed by atoms with Gasteiger partial charge in [0.05, 0.1) is 5.56 Å². The van der Waals surface area contributed by atoms with Crippen molar-refractivity contribution in [3.8, 4) is 0 Å². The van der Waals surface area contributed by atoms with Crippen molar-refractivity contribution in [2.24, 2.45) is 5.73 Å². The molecule has 24 heavy (non-hydrogen) atoms. The third kappa shape index (κ3) is 3.11. The zero-order chi connectivity index (χ0) is 16.8. The maximum absolute atomic E-state index is 12.4. The van der Waals surface area contributed by atoms with Crippen molar-refractivity contribution in [2.75, 3.05) is 5.32 Å². The van der Waals surface area contributed by atoms with Gasteiger partial charge in [-0.15, -0.1) is 11.3 Å². The highest BCUT2D eigenvalue weighted by Crippen LogP contribution is 2.45. The Morgan fingerprint density at radius 1 is 1.33 bits per heavy atom. The fourth-order valence-corrected chi connectivity index (χ4v) is 4.52. The number of amides is 1. The zero-order valence-electron chi connectivity index (χ0n) is 13.8. The van der Waals surface area contributed by atoms with Crippen LogP contribution in [-0.2, 0) is 0 Å². The van der Waals surface area contributed by atoms with Gasteiger partial charge < -0.3 is 20.9 Å². The summed E-state index contributed by atoms with van der Waals surface area (Å²) in [6.45, 7) is 3.79. The Kier molecular flexibility index (Phi) is 3.94. The molecule has 7 heteroatoms. The van der Waals surface area contributed by atoms with E-state index in [1.807, 2.05) is 13.0 Å². The largest absolute Gasteiger partial charge is 0.360 e. The monoisotopic (exact) mass is 346 g/mol. The molecule has 0 radical (unpaired) electrons. The predicted molar refractivity (Wildman–Crippen MR) is 93.5 cm³/mol. The number of nitrogens with two attached hydrogens (primary N) is 1. The minimum Gasteiger partial charge on any atom is -0.360 e. The maximum atomic E-state index is 12.4. The number of nitrogens with one attached hydrogen (secondary N) is 2. The molecule has 4 rings (SSSR count). The van der Waals surface area contributed by atoms with Crippen molar-refractivity contribution in [1.29, 1.82) is 0 Å². The van der Waals surface area contributed by atoms with E-state index in [1.165, 1.54) is 4.88 Å². The van der Waals surface area contributed by atoms with Crippen molar-refractivity contribution in [2.45, 2.75) is 57.2 Å². The Balaban J connectivity index is 1.38. The topological polar surface area (TPSA) is 93.2 Å². The number of hydrogen-bond acceptors (Lipinski definition) is 6. The van der Waals surface area contributed by atoms with Crippen LogP contribution in [0.5, 0.6) is 0 Å². The molecule has 128 valence electrons. The number of thiophene rings is 1. The molecular formula is C17H22N4O2S. The van der Waals surface area contributed by atoms with Gasteiger partial charge in [0.2, 0.25) is 0 Å². The fourth-order valence-electron chi connectivity index (χ4n) is 3.32. The first-order chi connectivity index (χ1) is 11.5. The molecule has 2 heterocycles. The zero-order valence-corrected chi connectivity index (χ0v) is 14.7. The summed E-state index contributed by atoms with van der Waals surface area (Å²) in [6.07, 6.45) is 3.31. The molecule has 4 N–H and O–H groups in total. The van der Waals surface area contributed by atoms with Gasteiger partial charge in [-0.05, 0) is 39.2 Å². The first-order valence-corrected chi connectivity index (χ1v) is 9.18. The summed E-state index contributed by atoms with van der Waals surface area (Å²) >= 11 is 1.72. The van der Waals surface area contributed by atoms with Crippen LogP contribution in [0.3, 0.4) is 0 Å². The molecule has 6 nitrogen and oxygen atoms in total. The third-order valence-corrected chi connectivity index (χ3v) is 6.01. The molecule has 1 amide bonds. The SMILES string of the molecule is Cc1cc(NC(=O)c2cc(C3CC3NC3CC(N)C3)sc2C)no1. The molecule has 0 saturated heterocycles. The van der Waals surface area contributed by atoms with E-state index in [9.17, 15) is 4.79 Å². The minimum absolute atomic E-state index is 0.126. The second-order valence-corrected chi connectivity index (χ2v) is 8.23. The predicted octanol–water partition coefficient (Wildman–Crippen LogP) is 2.54. The normalized spacial score (nSPS) is 28.5. The number of carbonyl (C=O) groups is 1. The molecule has 2 aromatic rings. The molecule has 2 aromatic heterocycles. The average molecular weight is 346 g/mol. The van der Waals surface area contributed by atoms with Gasteiger partial charge in [0.25, 0.3) is 5.91 Å². The Labute approximate surface area is 144 Å². The molecule has 2 saturated carbocycles. The van der Waals surface area contributed by atoms with Crippen LogP contribution < -0.4 is 16.4 Å². The van der Waals surface area contributed by atoms with Crippen LogP contribution in [0.4, 0.5) is 5.82 Å². The molecule has 2 unspecified atom stereocenters. The summed E-state index contributed by atoms with van der Waals surface area (Å²) in [5, 5.41) is 10.3. The van der Waals surface area contributed by atoms with Crippen molar-refractivity contribution < 1.29 is 9.32 Å². The lowest BCUT2D eigenvalue weighted by Crippen LogP contribution is -2.49. The van der Waals surface area contributed by atoms with E-state index in [1.54, 1.807) is 24.3 Å². The first kappa shape index (κ1) is 15.8. The van der Waals surface area contributed by atoms with E-state index in [2.05, 4.69) is 15.8 Å². The number of rotatable bonds is 5. The number of nitrogens with zero attached hydrogens (tertiary/aromatic N) is 1. The Morgan fingerprint density at radius 3 is 2.79 bits per heavy atom. The van der Waals surface area contributed by atoms with Crippen LogP contribution in [0.25, 0.3) is 0 Å². The summed E-state index contributed by atoms with van der Waals surface area (Å²) in [4.78, 5) is 14.8. The number of aromatic nitrogens is 1. The summed E-state index contributed by atoms with van der Waals surface area (Å²) in [6, 6.07) is 5.23. The summed E-state index contributed by atoms with van der Waals surface area (Å²) in [7, 11) is 0. The quantitative estimate of drug-likeness (QED) is 0.773. The Hall–Kier alpha value is -1.70. The van der Waals surface area contributed by atoms with Gasteiger partial charge >= 0.3 is 0 Å². The molecular weight excluding hydrogens is 324 g/mol. The maximum Gasteiger partial charge on any atom is 0.258 e. The average Bonchev–Trinajstić information content (AvgIpc) is 2.97.